The van der Waals surface area contributed by atoms with Crippen LogP contribution in [0.3, 0.4) is 0 Å². The summed E-state index contributed by atoms with van der Waals surface area (Å²) in [6, 6.07) is 7.61. The third-order valence-corrected chi connectivity index (χ3v) is 3.41. The fourth-order valence-electron chi connectivity index (χ4n) is 1.44. The van der Waals surface area contributed by atoms with E-state index in [1.807, 2.05) is 35.9 Å². The van der Waals surface area contributed by atoms with Crippen molar-refractivity contribution in [1.29, 1.82) is 0 Å². The van der Waals surface area contributed by atoms with Gasteiger partial charge in [0.05, 0.1) is 6.54 Å². The van der Waals surface area contributed by atoms with Crippen LogP contribution in [0.5, 0.6) is 0 Å². The Kier molecular flexibility index (Phi) is 6.50. The maximum atomic E-state index is 11.4. The molecule has 0 aliphatic carbocycles. The molecule has 0 saturated heterocycles. The summed E-state index contributed by atoms with van der Waals surface area (Å²) in [4.78, 5) is 12.4. The molecule has 2 aromatic rings. The number of carbonyl (C=O) groups excluding carboxylic acids is 1. The van der Waals surface area contributed by atoms with Crippen LogP contribution >= 0.6 is 24.2 Å². The van der Waals surface area contributed by atoms with Gasteiger partial charge < -0.3 is 15.2 Å². The minimum atomic E-state index is -0.0591. The first-order valence-corrected chi connectivity index (χ1v) is 6.57. The largest absolute Gasteiger partial charge is 0.325 e. The number of nitrogens with one attached hydrogen (secondary N) is 2. The van der Waals surface area contributed by atoms with E-state index in [1.54, 1.807) is 13.4 Å². The second-order valence-electron chi connectivity index (χ2n) is 3.93. The van der Waals surface area contributed by atoms with Crippen LogP contribution in [0.4, 0.5) is 5.69 Å². The maximum absolute atomic E-state index is 11.4. The molecule has 6 nitrogen and oxygen atoms in total. The number of amides is 1. The molecule has 0 atom stereocenters. The van der Waals surface area contributed by atoms with Gasteiger partial charge in [-0.3, -0.25) is 4.79 Å². The molecule has 0 unspecified atom stereocenters. The Labute approximate surface area is 127 Å². The molecule has 2 rings (SSSR count). The highest BCUT2D eigenvalue weighted by molar-refractivity contribution is 7.99. The molecule has 2 N–H and O–H groups in total. The fourth-order valence-corrected chi connectivity index (χ4v) is 2.20. The van der Waals surface area contributed by atoms with Crippen molar-refractivity contribution in [3.8, 4) is 0 Å². The Morgan fingerprint density at radius 2 is 2.05 bits per heavy atom. The number of halogens is 1. The van der Waals surface area contributed by atoms with Gasteiger partial charge in [-0.2, -0.15) is 0 Å². The van der Waals surface area contributed by atoms with Gasteiger partial charge in [-0.25, -0.2) is 0 Å². The number of rotatable bonds is 5. The van der Waals surface area contributed by atoms with Crippen LogP contribution in [0.1, 0.15) is 0 Å². The zero-order valence-electron chi connectivity index (χ0n) is 11.2. The van der Waals surface area contributed by atoms with Crippen LogP contribution in [0.2, 0.25) is 0 Å². The van der Waals surface area contributed by atoms with E-state index >= 15 is 0 Å². The van der Waals surface area contributed by atoms with Crippen molar-refractivity contribution in [2.75, 3.05) is 18.9 Å². The molecule has 1 heterocycles. The Balaban J connectivity index is 0.00000200. The molecule has 0 radical (unpaired) electrons. The van der Waals surface area contributed by atoms with Crippen molar-refractivity contribution >= 4 is 35.8 Å². The molecule has 0 aliphatic heterocycles. The predicted molar refractivity (Wildman–Crippen MR) is 81.4 cm³/mol. The lowest BCUT2D eigenvalue weighted by molar-refractivity contribution is -0.115. The Morgan fingerprint density at radius 1 is 1.35 bits per heavy atom. The topological polar surface area (TPSA) is 71.8 Å². The molecule has 1 aromatic carbocycles. The van der Waals surface area contributed by atoms with E-state index in [2.05, 4.69) is 20.8 Å². The number of likely N-dealkylation sites (N-methyl/N-ethyl adjacent to an activating group) is 1. The number of aromatic nitrogens is 3. The van der Waals surface area contributed by atoms with E-state index in [0.29, 0.717) is 6.54 Å². The lowest BCUT2D eigenvalue weighted by Gasteiger charge is -2.05. The molecule has 0 fully saturated rings. The Morgan fingerprint density at radius 3 is 2.60 bits per heavy atom. The van der Waals surface area contributed by atoms with Crippen LogP contribution in [-0.4, -0.2) is 34.3 Å². The minimum absolute atomic E-state index is 0. The molecular formula is C12H16ClN5OS. The number of benzene rings is 1. The van der Waals surface area contributed by atoms with Crippen LogP contribution in [0.25, 0.3) is 0 Å². The van der Waals surface area contributed by atoms with Crippen LogP contribution in [0.15, 0.2) is 40.6 Å². The second-order valence-corrected chi connectivity index (χ2v) is 4.97. The number of carbonyl (C=O) groups is 1. The number of nitrogens with zero attached hydrogens (tertiary/aromatic N) is 3. The molecule has 20 heavy (non-hydrogen) atoms. The van der Waals surface area contributed by atoms with E-state index in [0.717, 1.165) is 15.7 Å². The van der Waals surface area contributed by atoms with Crippen LogP contribution < -0.4 is 10.6 Å². The van der Waals surface area contributed by atoms with Gasteiger partial charge in [-0.1, -0.05) is 0 Å². The summed E-state index contributed by atoms with van der Waals surface area (Å²) in [6.45, 7) is 0.301. The van der Waals surface area contributed by atoms with Crippen molar-refractivity contribution in [3.05, 3.63) is 30.6 Å². The molecule has 1 amide bonds. The summed E-state index contributed by atoms with van der Waals surface area (Å²) in [7, 11) is 3.63. The van der Waals surface area contributed by atoms with Gasteiger partial charge >= 0.3 is 0 Å². The van der Waals surface area contributed by atoms with Crippen molar-refractivity contribution < 1.29 is 4.79 Å². The molecule has 0 aliphatic rings. The molecule has 0 bridgehead atoms. The van der Waals surface area contributed by atoms with E-state index < -0.39 is 0 Å². The minimum Gasteiger partial charge on any atom is -0.325 e. The summed E-state index contributed by atoms with van der Waals surface area (Å²) >= 11 is 1.52. The van der Waals surface area contributed by atoms with Crippen molar-refractivity contribution in [2.24, 2.45) is 7.05 Å². The van der Waals surface area contributed by atoms with Crippen molar-refractivity contribution in [3.63, 3.8) is 0 Å². The molecule has 108 valence electrons. The second kappa shape index (κ2) is 7.88. The normalized spacial score (nSPS) is 9.90. The highest BCUT2D eigenvalue weighted by atomic mass is 35.5. The van der Waals surface area contributed by atoms with Gasteiger partial charge in [0.2, 0.25) is 5.91 Å². The third-order valence-electron chi connectivity index (χ3n) is 2.35. The van der Waals surface area contributed by atoms with Crippen LogP contribution in [0, 0.1) is 0 Å². The number of hydrogen-bond acceptors (Lipinski definition) is 5. The number of hydrogen-bond donors (Lipinski definition) is 2. The Hall–Kier alpha value is -1.57. The van der Waals surface area contributed by atoms with Crippen molar-refractivity contribution in [1.82, 2.24) is 20.1 Å². The van der Waals surface area contributed by atoms with Gasteiger partial charge in [0, 0.05) is 17.6 Å². The predicted octanol–water partition coefficient (Wildman–Crippen LogP) is 1.55. The highest BCUT2D eigenvalue weighted by Crippen LogP contribution is 2.26. The van der Waals surface area contributed by atoms with E-state index in [9.17, 15) is 4.79 Å². The monoisotopic (exact) mass is 313 g/mol. The fraction of sp³-hybridized carbons (Fsp3) is 0.250. The summed E-state index contributed by atoms with van der Waals surface area (Å²) in [5.41, 5.74) is 0.780. The SMILES string of the molecule is CNCC(=O)Nc1ccc(Sc2nncn2C)cc1.Cl. The van der Waals surface area contributed by atoms with Gasteiger partial charge in [0.15, 0.2) is 5.16 Å². The zero-order chi connectivity index (χ0) is 13.7. The smallest absolute Gasteiger partial charge is 0.238 e. The lowest BCUT2D eigenvalue weighted by atomic mass is 10.3. The van der Waals surface area contributed by atoms with E-state index in [-0.39, 0.29) is 18.3 Å². The zero-order valence-corrected chi connectivity index (χ0v) is 12.8. The Bertz CT molecular complexity index is 557. The standard InChI is InChI=1S/C12H15N5OS.ClH/c1-13-7-11(18)15-9-3-5-10(6-4-9)19-12-16-14-8-17(12)2;/h3-6,8,13H,7H2,1-2H3,(H,15,18);1H. The van der Waals surface area contributed by atoms with Gasteiger partial charge in [-0.15, -0.1) is 22.6 Å². The molecular weight excluding hydrogens is 298 g/mol. The third kappa shape index (κ3) is 4.52. The summed E-state index contributed by atoms with van der Waals surface area (Å²) < 4.78 is 1.85. The average molecular weight is 314 g/mol. The molecule has 0 spiro atoms. The van der Waals surface area contributed by atoms with Gasteiger partial charge in [0.25, 0.3) is 0 Å². The van der Waals surface area contributed by atoms with E-state index in [1.165, 1.54) is 11.8 Å². The number of aryl methyl sites for hydroxylation is 1. The molecule has 8 heteroatoms. The van der Waals surface area contributed by atoms with Gasteiger partial charge in [-0.05, 0) is 43.1 Å². The first-order valence-electron chi connectivity index (χ1n) is 5.75. The molecule has 0 saturated carbocycles. The summed E-state index contributed by atoms with van der Waals surface area (Å²) in [5, 5.41) is 14.3. The lowest BCUT2D eigenvalue weighted by Crippen LogP contribution is -2.24. The number of anilines is 1. The summed E-state index contributed by atoms with van der Waals surface area (Å²) in [5.74, 6) is -0.0591. The van der Waals surface area contributed by atoms with Crippen LogP contribution in [-0.2, 0) is 11.8 Å². The first-order chi connectivity index (χ1) is 9.19. The average Bonchev–Trinajstić information content (AvgIpc) is 2.78. The first kappa shape index (κ1) is 16.5. The molecule has 1 aromatic heterocycles. The van der Waals surface area contributed by atoms with E-state index in [4.69, 9.17) is 0 Å². The quantitative estimate of drug-likeness (QED) is 0.876. The van der Waals surface area contributed by atoms with Gasteiger partial charge in [0.1, 0.15) is 6.33 Å². The highest BCUT2D eigenvalue weighted by Gasteiger charge is 2.04. The van der Waals surface area contributed by atoms with Crippen molar-refractivity contribution in [2.45, 2.75) is 10.1 Å². The maximum Gasteiger partial charge on any atom is 0.238 e. The summed E-state index contributed by atoms with van der Waals surface area (Å²) in [6.07, 6.45) is 1.66.